The van der Waals surface area contributed by atoms with Crippen LogP contribution >= 0.6 is 20.1 Å². The number of pyridine rings is 1. The molecular formula is C17H16ClFN5OP. The van der Waals surface area contributed by atoms with Crippen molar-refractivity contribution >= 4 is 36.9 Å². The van der Waals surface area contributed by atoms with Gasteiger partial charge in [0.15, 0.2) is 25.9 Å². The number of nitrogens with one attached hydrogen (secondary N) is 2. The van der Waals surface area contributed by atoms with E-state index in [1.165, 1.54) is 0 Å². The molecule has 0 aliphatic heterocycles. The molecular weight excluding hydrogens is 376 g/mol. The summed E-state index contributed by atoms with van der Waals surface area (Å²) < 4.78 is 25.4. The number of rotatable bonds is 4. The van der Waals surface area contributed by atoms with Gasteiger partial charge in [-0.1, -0.05) is 18.0 Å². The van der Waals surface area contributed by atoms with Gasteiger partial charge in [0.05, 0.1) is 11.2 Å². The van der Waals surface area contributed by atoms with Crippen LogP contribution < -0.4 is 5.32 Å². The van der Waals surface area contributed by atoms with Gasteiger partial charge < -0.3 is 10.3 Å². The van der Waals surface area contributed by atoms with Crippen LogP contribution in [0.4, 0.5) is 10.2 Å². The molecule has 1 fully saturated rings. The average Bonchev–Trinajstić information content (AvgIpc) is 3.07. The maximum Gasteiger partial charge on any atom is 0.183 e. The Morgan fingerprint density at radius 3 is 3.04 bits per heavy atom. The lowest BCUT2D eigenvalue weighted by molar-refractivity contribution is 0.458. The van der Waals surface area contributed by atoms with Gasteiger partial charge in [-0.05, 0) is 25.3 Å². The van der Waals surface area contributed by atoms with Crippen LogP contribution in [-0.4, -0.2) is 31.6 Å². The van der Waals surface area contributed by atoms with Crippen molar-refractivity contribution in [2.75, 3.05) is 5.32 Å². The summed E-state index contributed by atoms with van der Waals surface area (Å²) in [7, 11) is 0.153. The van der Waals surface area contributed by atoms with E-state index in [0.29, 0.717) is 22.1 Å². The Morgan fingerprint density at radius 2 is 2.19 bits per heavy atom. The minimum atomic E-state index is -0.508. The smallest absolute Gasteiger partial charge is 0.183 e. The Bertz CT molecular complexity index is 965. The van der Waals surface area contributed by atoms with E-state index in [1.807, 2.05) is 0 Å². The molecule has 134 valence electrons. The fraction of sp³-hybridized carbons (Fsp3) is 0.353. The Kier molecular flexibility index (Phi) is 4.83. The van der Waals surface area contributed by atoms with Crippen LogP contribution in [0.25, 0.3) is 22.4 Å². The summed E-state index contributed by atoms with van der Waals surface area (Å²) in [5.74, 6) is 0.0395. The first-order valence-electron chi connectivity index (χ1n) is 8.38. The van der Waals surface area contributed by atoms with Crippen LogP contribution in [0.3, 0.4) is 0 Å². The molecule has 0 amide bonds. The fourth-order valence-electron chi connectivity index (χ4n) is 3.35. The highest BCUT2D eigenvalue weighted by Crippen LogP contribution is 2.31. The number of aromatic nitrogens is 4. The minimum Gasteiger partial charge on any atom is -0.365 e. The predicted octanol–water partition coefficient (Wildman–Crippen LogP) is 4.83. The maximum atomic E-state index is 14.2. The van der Waals surface area contributed by atoms with E-state index >= 15 is 0 Å². The molecule has 1 aliphatic carbocycles. The second-order valence-electron chi connectivity index (χ2n) is 6.41. The van der Waals surface area contributed by atoms with Crippen molar-refractivity contribution in [3.8, 4) is 11.4 Å². The van der Waals surface area contributed by atoms with Gasteiger partial charge in [-0.25, -0.2) is 19.3 Å². The number of halogens is 2. The molecule has 3 aromatic rings. The van der Waals surface area contributed by atoms with E-state index in [4.69, 9.17) is 11.6 Å². The molecule has 2 atom stereocenters. The standard InChI is InChI=1S/C17H16ClFN5OP/c18-9-4-12-13(7-21-15(12)20-6-9)16-22-8-14(19)17(24-16)23-10-2-1-3-11(5-10)26-25/h4,6-8,10-11H,1-3,5H2,(H,20,21)(H,22,23,24). The van der Waals surface area contributed by atoms with Crippen LogP contribution in [0, 0.1) is 5.82 Å². The normalized spacial score (nSPS) is 20.5. The van der Waals surface area contributed by atoms with Crippen molar-refractivity contribution in [1.29, 1.82) is 0 Å². The minimum absolute atomic E-state index is 0.0477. The lowest BCUT2D eigenvalue weighted by atomic mass is 9.95. The van der Waals surface area contributed by atoms with E-state index in [-0.39, 0.29) is 26.0 Å². The first kappa shape index (κ1) is 17.3. The molecule has 0 bridgehead atoms. The van der Waals surface area contributed by atoms with E-state index in [0.717, 1.165) is 37.3 Å². The average molecular weight is 392 g/mol. The third kappa shape index (κ3) is 3.41. The summed E-state index contributed by atoms with van der Waals surface area (Å²) >= 11 is 6.03. The third-order valence-electron chi connectivity index (χ3n) is 4.62. The molecule has 1 saturated carbocycles. The van der Waals surface area contributed by atoms with Gasteiger partial charge in [0, 0.05) is 35.0 Å². The van der Waals surface area contributed by atoms with Crippen molar-refractivity contribution in [3.05, 3.63) is 35.5 Å². The predicted molar refractivity (Wildman–Crippen MR) is 99.4 cm³/mol. The van der Waals surface area contributed by atoms with Gasteiger partial charge in [-0.15, -0.1) is 0 Å². The maximum absolute atomic E-state index is 14.2. The Balaban J connectivity index is 1.65. The highest BCUT2D eigenvalue weighted by Gasteiger charge is 2.24. The molecule has 4 rings (SSSR count). The summed E-state index contributed by atoms with van der Waals surface area (Å²) in [5, 5.41) is 4.43. The quantitative estimate of drug-likeness (QED) is 0.622. The van der Waals surface area contributed by atoms with Crippen LogP contribution in [0.5, 0.6) is 0 Å². The summed E-state index contributed by atoms with van der Waals surface area (Å²) in [6.07, 6.45) is 7.98. The molecule has 3 heterocycles. The zero-order valence-electron chi connectivity index (χ0n) is 13.7. The molecule has 0 saturated heterocycles. The summed E-state index contributed by atoms with van der Waals surface area (Å²) in [6.45, 7) is 0. The van der Waals surface area contributed by atoms with E-state index < -0.39 is 5.82 Å². The fourth-order valence-corrected chi connectivity index (χ4v) is 4.13. The number of H-pyrrole nitrogens is 1. The molecule has 2 N–H and O–H groups in total. The first-order chi connectivity index (χ1) is 12.6. The molecule has 0 aromatic carbocycles. The van der Waals surface area contributed by atoms with Crippen molar-refractivity contribution in [3.63, 3.8) is 0 Å². The lowest BCUT2D eigenvalue weighted by Gasteiger charge is -2.26. The number of anilines is 1. The Hall–Kier alpha value is -2.11. The first-order valence-corrected chi connectivity index (χ1v) is 9.64. The van der Waals surface area contributed by atoms with Crippen molar-refractivity contribution in [2.45, 2.75) is 37.4 Å². The van der Waals surface area contributed by atoms with Crippen LogP contribution in [-0.2, 0) is 4.57 Å². The second-order valence-corrected chi connectivity index (χ2v) is 7.79. The Morgan fingerprint density at radius 1 is 1.31 bits per heavy atom. The molecule has 3 aromatic heterocycles. The molecule has 0 radical (unpaired) electrons. The van der Waals surface area contributed by atoms with E-state index in [1.54, 1.807) is 18.5 Å². The van der Waals surface area contributed by atoms with Crippen molar-refractivity contribution < 1.29 is 8.96 Å². The van der Waals surface area contributed by atoms with E-state index in [2.05, 4.69) is 25.3 Å². The molecule has 2 unspecified atom stereocenters. The van der Waals surface area contributed by atoms with Crippen molar-refractivity contribution in [2.24, 2.45) is 0 Å². The number of aromatic amines is 1. The van der Waals surface area contributed by atoms with Gasteiger partial charge in [0.1, 0.15) is 5.65 Å². The zero-order chi connectivity index (χ0) is 18.1. The highest BCUT2D eigenvalue weighted by atomic mass is 35.5. The molecule has 0 spiro atoms. The molecule has 9 heteroatoms. The summed E-state index contributed by atoms with van der Waals surface area (Å²) in [6, 6.07) is 1.82. The second kappa shape index (κ2) is 7.25. The molecule has 26 heavy (non-hydrogen) atoms. The molecule has 1 aliphatic rings. The summed E-state index contributed by atoms with van der Waals surface area (Å²) in [5.41, 5.74) is 1.49. The third-order valence-corrected chi connectivity index (χ3v) is 5.59. The topological polar surface area (TPSA) is 83.6 Å². The van der Waals surface area contributed by atoms with Gasteiger partial charge in [0.2, 0.25) is 0 Å². The van der Waals surface area contributed by atoms with Crippen LogP contribution in [0.2, 0.25) is 5.02 Å². The van der Waals surface area contributed by atoms with Crippen molar-refractivity contribution in [1.82, 2.24) is 19.9 Å². The van der Waals surface area contributed by atoms with E-state index in [9.17, 15) is 8.96 Å². The SMILES string of the molecule is O=PC1CCCC(Nc2nc(-c3c[nH]c4ncc(Cl)cc34)ncc2F)C1. The molecule has 6 nitrogen and oxygen atoms in total. The van der Waals surface area contributed by atoms with Gasteiger partial charge in [-0.2, -0.15) is 0 Å². The largest absolute Gasteiger partial charge is 0.365 e. The number of hydrogen-bond acceptors (Lipinski definition) is 5. The summed E-state index contributed by atoms with van der Waals surface area (Å²) in [4.78, 5) is 15.7. The van der Waals surface area contributed by atoms with Gasteiger partial charge in [0.25, 0.3) is 0 Å². The Labute approximate surface area is 155 Å². The zero-order valence-corrected chi connectivity index (χ0v) is 15.4. The monoisotopic (exact) mass is 391 g/mol. The highest BCUT2D eigenvalue weighted by molar-refractivity contribution is 7.24. The van der Waals surface area contributed by atoms with Crippen LogP contribution in [0.15, 0.2) is 24.7 Å². The number of hydrogen-bond donors (Lipinski definition) is 2. The number of fused-ring (bicyclic) bond motifs is 1. The number of nitrogens with zero attached hydrogens (tertiary/aromatic N) is 3. The lowest BCUT2D eigenvalue weighted by Crippen LogP contribution is -2.28. The van der Waals surface area contributed by atoms with Gasteiger partial charge in [-0.3, -0.25) is 4.57 Å². The van der Waals surface area contributed by atoms with Crippen LogP contribution in [0.1, 0.15) is 25.7 Å². The van der Waals surface area contributed by atoms with Gasteiger partial charge >= 0.3 is 0 Å².